The zero-order valence-corrected chi connectivity index (χ0v) is 19.4. The van der Waals surface area contributed by atoms with Gasteiger partial charge in [-0.2, -0.15) is 4.39 Å². The first-order chi connectivity index (χ1) is 16.4. The van der Waals surface area contributed by atoms with Gasteiger partial charge in [-0.3, -0.25) is 9.69 Å². The van der Waals surface area contributed by atoms with Crippen molar-refractivity contribution in [2.75, 3.05) is 36.5 Å². The molecule has 3 atom stereocenters. The number of hydrogen-bond donors (Lipinski definition) is 4. The van der Waals surface area contributed by atoms with Crippen LogP contribution in [-0.4, -0.2) is 75.4 Å². The molecule has 5 N–H and O–H groups in total. The number of aliphatic hydroxyl groups is 2. The van der Waals surface area contributed by atoms with E-state index < -0.39 is 23.9 Å². The summed E-state index contributed by atoms with van der Waals surface area (Å²) in [5.74, 6) is -0.883. The van der Waals surface area contributed by atoms with Crippen molar-refractivity contribution in [3.8, 4) is 0 Å². The number of nitrogens with one attached hydrogen (secondary N) is 1. The first kappa shape index (κ1) is 24.3. The highest BCUT2D eigenvalue weighted by molar-refractivity contribution is 5.80. The van der Waals surface area contributed by atoms with Crippen molar-refractivity contribution >= 4 is 17.5 Å². The maximum Gasteiger partial charge on any atom is 0.237 e. The number of carbonyl (C=O) groups excluding carboxylic acids is 1. The summed E-state index contributed by atoms with van der Waals surface area (Å²) in [6, 6.07) is 7.65. The fourth-order valence-electron chi connectivity index (χ4n) is 4.48. The Morgan fingerprint density at radius 1 is 1.29 bits per heavy atom. The number of likely N-dealkylation sites (tertiary alicyclic amines) is 1. The lowest BCUT2D eigenvalue weighted by molar-refractivity contribution is -0.126. The smallest absolute Gasteiger partial charge is 0.237 e. The second-order valence-electron chi connectivity index (χ2n) is 9.30. The Balaban J connectivity index is 1.41. The first-order valence-electron chi connectivity index (χ1n) is 11.8. The number of amides is 1. The molecule has 0 radical (unpaired) electrons. The summed E-state index contributed by atoms with van der Waals surface area (Å²) in [5, 5.41) is 23.0. The molecule has 184 valence electrons. The van der Waals surface area contributed by atoms with Crippen LogP contribution in [0.2, 0.25) is 0 Å². The number of aryl methyl sites for hydroxylation is 1. The number of primary amides is 1. The zero-order valence-electron chi connectivity index (χ0n) is 19.4. The largest absolute Gasteiger partial charge is 0.394 e. The molecular formula is C24H33FN6O3. The van der Waals surface area contributed by atoms with Gasteiger partial charge in [0.05, 0.1) is 12.7 Å². The number of nitrogens with two attached hydrogens (primary N) is 1. The Kier molecular flexibility index (Phi) is 7.60. The molecule has 1 unspecified atom stereocenters. The summed E-state index contributed by atoms with van der Waals surface area (Å²) in [7, 11) is 0. The van der Waals surface area contributed by atoms with Gasteiger partial charge in [-0.1, -0.05) is 29.8 Å². The van der Waals surface area contributed by atoms with E-state index in [2.05, 4.69) is 27.4 Å². The standard InChI is InChI=1S/C24H33FN6O3/c1-15-2-4-16(5-3-15)11-31(18-6-7-18)24-21(25)23(28-14-29-24)27-10-17-8-9-30(12-20(17)33)19(13-32)22(26)34/h2-5,14,17-20,32-33H,6-13H2,1H3,(H2,26,34)(H,27,28,29)/t17-,19?,20+/m0/s1. The average Bonchev–Trinajstić information content (AvgIpc) is 3.65. The van der Waals surface area contributed by atoms with Crippen LogP contribution in [0.1, 0.15) is 30.4 Å². The van der Waals surface area contributed by atoms with Crippen molar-refractivity contribution in [3.63, 3.8) is 0 Å². The predicted molar refractivity (Wildman–Crippen MR) is 127 cm³/mol. The molecule has 1 aromatic carbocycles. The molecule has 2 fully saturated rings. The second kappa shape index (κ2) is 10.6. The number of rotatable bonds is 10. The number of halogens is 1. The third-order valence-electron chi connectivity index (χ3n) is 6.73. The molecule has 34 heavy (non-hydrogen) atoms. The van der Waals surface area contributed by atoms with E-state index in [1.54, 1.807) is 4.90 Å². The van der Waals surface area contributed by atoms with E-state index in [1.165, 1.54) is 11.9 Å². The molecule has 9 nitrogen and oxygen atoms in total. The Bertz CT molecular complexity index is 987. The molecule has 0 spiro atoms. The molecule has 1 saturated heterocycles. The lowest BCUT2D eigenvalue weighted by atomic mass is 9.92. The van der Waals surface area contributed by atoms with E-state index >= 15 is 4.39 Å². The minimum absolute atomic E-state index is 0.111. The van der Waals surface area contributed by atoms with Gasteiger partial charge < -0.3 is 26.2 Å². The highest BCUT2D eigenvalue weighted by atomic mass is 19.1. The van der Waals surface area contributed by atoms with Crippen molar-refractivity contribution in [2.45, 2.75) is 50.9 Å². The van der Waals surface area contributed by atoms with Gasteiger partial charge in [0.25, 0.3) is 0 Å². The molecular weight excluding hydrogens is 439 g/mol. The number of aliphatic hydroxyl groups excluding tert-OH is 2. The maximum absolute atomic E-state index is 15.5. The normalized spacial score (nSPS) is 21.8. The van der Waals surface area contributed by atoms with Crippen molar-refractivity contribution in [1.82, 2.24) is 14.9 Å². The van der Waals surface area contributed by atoms with Crippen molar-refractivity contribution in [1.29, 1.82) is 0 Å². The van der Waals surface area contributed by atoms with E-state index in [9.17, 15) is 15.0 Å². The summed E-state index contributed by atoms with van der Waals surface area (Å²) in [5.41, 5.74) is 7.61. The van der Waals surface area contributed by atoms with Crippen LogP contribution in [0, 0.1) is 18.7 Å². The number of aromatic nitrogens is 2. The molecule has 10 heteroatoms. The topological polar surface area (TPSA) is 128 Å². The summed E-state index contributed by atoms with van der Waals surface area (Å²) in [4.78, 5) is 23.5. The van der Waals surface area contributed by atoms with Crippen molar-refractivity contribution in [3.05, 3.63) is 47.5 Å². The quantitative estimate of drug-likeness (QED) is 0.404. The molecule has 1 aliphatic heterocycles. The van der Waals surface area contributed by atoms with Gasteiger partial charge in [0, 0.05) is 31.6 Å². The Morgan fingerprint density at radius 3 is 2.65 bits per heavy atom. The fourth-order valence-corrected chi connectivity index (χ4v) is 4.48. The fraction of sp³-hybridized carbons (Fsp3) is 0.542. The monoisotopic (exact) mass is 472 g/mol. The van der Waals surface area contributed by atoms with Gasteiger partial charge >= 0.3 is 0 Å². The highest BCUT2D eigenvalue weighted by Crippen LogP contribution is 2.34. The van der Waals surface area contributed by atoms with Crippen LogP contribution in [0.25, 0.3) is 0 Å². The third kappa shape index (κ3) is 5.63. The lowest BCUT2D eigenvalue weighted by Crippen LogP contribution is -2.55. The third-order valence-corrected chi connectivity index (χ3v) is 6.73. The van der Waals surface area contributed by atoms with Crippen LogP contribution < -0.4 is 16.0 Å². The molecule has 1 saturated carbocycles. The van der Waals surface area contributed by atoms with Gasteiger partial charge in [-0.05, 0) is 38.3 Å². The van der Waals surface area contributed by atoms with Gasteiger partial charge in [-0.25, -0.2) is 9.97 Å². The number of benzene rings is 1. The van der Waals surface area contributed by atoms with Gasteiger partial charge in [0.15, 0.2) is 11.6 Å². The van der Waals surface area contributed by atoms with Crippen LogP contribution in [0.5, 0.6) is 0 Å². The summed E-state index contributed by atoms with van der Waals surface area (Å²) >= 11 is 0. The molecule has 0 bridgehead atoms. The van der Waals surface area contributed by atoms with Crippen LogP contribution in [0.4, 0.5) is 16.0 Å². The van der Waals surface area contributed by atoms with Crippen molar-refractivity contribution in [2.24, 2.45) is 11.7 Å². The van der Waals surface area contributed by atoms with Crippen LogP contribution in [0.3, 0.4) is 0 Å². The highest BCUT2D eigenvalue weighted by Gasteiger charge is 2.35. The van der Waals surface area contributed by atoms with E-state index in [0.717, 1.165) is 18.4 Å². The van der Waals surface area contributed by atoms with E-state index in [1.807, 2.05) is 24.0 Å². The molecule has 2 aliphatic rings. The van der Waals surface area contributed by atoms with Crippen LogP contribution in [0.15, 0.2) is 30.6 Å². The molecule has 2 aromatic rings. The molecule has 1 aromatic heterocycles. The number of nitrogens with zero attached hydrogens (tertiary/aromatic N) is 4. The van der Waals surface area contributed by atoms with Gasteiger partial charge in [0.2, 0.25) is 11.7 Å². The number of β-amino-alcohol motifs (C(OH)–C–C–N with tert-alkyl or cyclic N) is 1. The Hall–Kier alpha value is -2.82. The van der Waals surface area contributed by atoms with Gasteiger partial charge in [-0.15, -0.1) is 0 Å². The Morgan fingerprint density at radius 2 is 2.03 bits per heavy atom. The second-order valence-corrected chi connectivity index (χ2v) is 9.30. The number of piperidine rings is 1. The first-order valence-corrected chi connectivity index (χ1v) is 11.8. The minimum atomic E-state index is -0.813. The van der Waals surface area contributed by atoms with E-state index in [-0.39, 0.29) is 36.7 Å². The molecule has 4 rings (SSSR count). The maximum atomic E-state index is 15.5. The zero-order chi connectivity index (χ0) is 24.2. The summed E-state index contributed by atoms with van der Waals surface area (Å²) in [6.45, 7) is 3.25. The summed E-state index contributed by atoms with van der Waals surface area (Å²) < 4.78 is 15.5. The van der Waals surface area contributed by atoms with Crippen LogP contribution >= 0.6 is 0 Å². The van der Waals surface area contributed by atoms with Crippen LogP contribution in [-0.2, 0) is 11.3 Å². The number of anilines is 2. The number of carbonyl (C=O) groups is 1. The minimum Gasteiger partial charge on any atom is -0.394 e. The van der Waals surface area contributed by atoms with E-state index in [4.69, 9.17) is 5.73 Å². The number of hydrogen-bond acceptors (Lipinski definition) is 8. The SMILES string of the molecule is Cc1ccc(CN(c2ncnc(NC[C@@H]3CCN(C(CO)C(N)=O)C[C@H]3O)c2F)C2CC2)cc1. The summed E-state index contributed by atoms with van der Waals surface area (Å²) in [6.07, 6.45) is 3.19. The van der Waals surface area contributed by atoms with Gasteiger partial charge in [0.1, 0.15) is 12.4 Å². The molecule has 1 amide bonds. The average molecular weight is 473 g/mol. The van der Waals surface area contributed by atoms with E-state index in [0.29, 0.717) is 26.1 Å². The molecule has 1 aliphatic carbocycles. The molecule has 2 heterocycles. The lowest BCUT2D eigenvalue weighted by Gasteiger charge is -2.38. The Labute approximate surface area is 198 Å². The predicted octanol–water partition coefficient (Wildman–Crippen LogP) is 1.03. The van der Waals surface area contributed by atoms with Crippen molar-refractivity contribution < 1.29 is 19.4 Å².